The van der Waals surface area contributed by atoms with E-state index in [0.717, 1.165) is 0 Å². The van der Waals surface area contributed by atoms with Crippen LogP contribution in [0, 0.1) is 5.92 Å². The highest BCUT2D eigenvalue weighted by atomic mass is 79.9. The number of carbonyl (C=O) groups excluding carboxylic acids is 2. The molecule has 36 heavy (non-hydrogen) atoms. The van der Waals surface area contributed by atoms with Crippen molar-refractivity contribution >= 4 is 73.1 Å². The van der Waals surface area contributed by atoms with Gasteiger partial charge in [-0.25, -0.2) is 5.43 Å². The number of nitrogens with zero attached hydrogens (tertiary/aromatic N) is 1. The van der Waals surface area contributed by atoms with Gasteiger partial charge < -0.3 is 14.8 Å². The second-order valence-corrected chi connectivity index (χ2v) is 10.7. The van der Waals surface area contributed by atoms with Gasteiger partial charge in [-0.3, -0.25) is 9.59 Å². The number of hydrogen-bond acceptors (Lipinski definition) is 5. The maximum atomic E-state index is 12.8. The number of rotatable bonds is 12. The Labute approximate surface area is 237 Å². The van der Waals surface area contributed by atoms with Crippen molar-refractivity contribution in [2.45, 2.75) is 39.3 Å². The molecule has 0 radical (unpaired) electrons. The summed E-state index contributed by atoms with van der Waals surface area (Å²) in [6, 6.07) is 7.50. The van der Waals surface area contributed by atoms with Gasteiger partial charge >= 0.3 is 0 Å². The van der Waals surface area contributed by atoms with Crippen LogP contribution in [0.15, 0.2) is 57.0 Å². The first-order valence-corrected chi connectivity index (χ1v) is 13.3. The van der Waals surface area contributed by atoms with Crippen LogP contribution in [0.3, 0.4) is 0 Å². The van der Waals surface area contributed by atoms with Crippen LogP contribution in [-0.4, -0.2) is 36.8 Å². The lowest BCUT2D eigenvalue weighted by Gasteiger charge is -2.22. The minimum absolute atomic E-state index is 0.141. The van der Waals surface area contributed by atoms with Gasteiger partial charge in [-0.15, -0.1) is 0 Å². The Balaban J connectivity index is 2.04. The van der Waals surface area contributed by atoms with E-state index in [2.05, 4.69) is 54.3 Å². The molecule has 0 saturated carbocycles. The van der Waals surface area contributed by atoms with Crippen molar-refractivity contribution in [2.75, 3.05) is 6.61 Å². The van der Waals surface area contributed by atoms with E-state index in [-0.39, 0.29) is 10.9 Å². The fourth-order valence-corrected chi connectivity index (χ4v) is 4.89. The molecule has 0 bridgehead atoms. The van der Waals surface area contributed by atoms with Crippen LogP contribution in [0.5, 0.6) is 11.5 Å². The van der Waals surface area contributed by atoms with E-state index in [4.69, 9.17) is 32.7 Å². The first-order valence-electron chi connectivity index (χ1n) is 11.0. The Morgan fingerprint density at radius 1 is 1.11 bits per heavy atom. The monoisotopic (exact) mass is 661 g/mol. The summed E-state index contributed by atoms with van der Waals surface area (Å²) in [6.07, 6.45) is 2.66. The van der Waals surface area contributed by atoms with Gasteiger partial charge in [0.25, 0.3) is 11.8 Å². The average molecular weight is 664 g/mol. The number of ether oxygens (including phenoxy) is 2. The largest absolute Gasteiger partial charge is 0.487 e. The summed E-state index contributed by atoms with van der Waals surface area (Å²) >= 11 is 18.9. The third kappa shape index (κ3) is 9.42. The summed E-state index contributed by atoms with van der Waals surface area (Å²) in [7, 11) is 0. The molecular formula is C25H27Br2Cl2N3O4. The molecule has 194 valence electrons. The molecule has 0 spiro atoms. The van der Waals surface area contributed by atoms with Gasteiger partial charge in [0.1, 0.15) is 24.1 Å². The lowest BCUT2D eigenvalue weighted by atomic mass is 10.0. The minimum Gasteiger partial charge on any atom is -0.487 e. The number of hydrogen-bond donors (Lipinski definition) is 2. The van der Waals surface area contributed by atoms with E-state index in [1.165, 1.54) is 12.3 Å². The minimum atomic E-state index is -0.897. The molecule has 0 fully saturated rings. The summed E-state index contributed by atoms with van der Waals surface area (Å²) < 4.78 is 12.7. The normalized spacial score (nSPS) is 12.8. The Morgan fingerprint density at radius 2 is 1.78 bits per heavy atom. The first kappa shape index (κ1) is 30.2. The van der Waals surface area contributed by atoms with Crippen molar-refractivity contribution in [2.24, 2.45) is 11.0 Å². The fourth-order valence-electron chi connectivity index (χ4n) is 2.99. The molecule has 0 saturated heterocycles. The number of amides is 2. The Morgan fingerprint density at radius 3 is 2.36 bits per heavy atom. The maximum absolute atomic E-state index is 12.8. The van der Waals surface area contributed by atoms with E-state index >= 15 is 0 Å². The van der Waals surface area contributed by atoms with Gasteiger partial charge in [0.05, 0.1) is 20.2 Å². The van der Waals surface area contributed by atoms with Gasteiger partial charge in [-0.1, -0.05) is 49.7 Å². The summed E-state index contributed by atoms with van der Waals surface area (Å²) in [5, 5.41) is 7.52. The van der Waals surface area contributed by atoms with Gasteiger partial charge in [-0.2, -0.15) is 5.10 Å². The van der Waals surface area contributed by atoms with E-state index in [9.17, 15) is 9.59 Å². The number of hydrazone groups is 1. The zero-order valence-electron chi connectivity index (χ0n) is 20.0. The molecule has 0 aliphatic rings. The van der Waals surface area contributed by atoms with Crippen LogP contribution < -0.4 is 20.2 Å². The SMILES string of the molecule is C=CCOc1c(Br)cc(/C=N\NC(=O)[C@@H](CC(C)C)NC(=O)[C@@H](C)Oc2ccc(Cl)cc2Cl)cc1Br. The fraction of sp³-hybridized carbons (Fsp3) is 0.320. The van der Waals surface area contributed by atoms with E-state index in [0.29, 0.717) is 44.1 Å². The summed E-state index contributed by atoms with van der Waals surface area (Å²) in [5.41, 5.74) is 3.21. The van der Waals surface area contributed by atoms with Gasteiger partial charge in [0, 0.05) is 5.02 Å². The van der Waals surface area contributed by atoms with Crippen molar-refractivity contribution in [3.05, 3.63) is 67.5 Å². The summed E-state index contributed by atoms with van der Waals surface area (Å²) in [4.78, 5) is 25.6. The van der Waals surface area contributed by atoms with Gasteiger partial charge in [-0.05, 0) is 87.0 Å². The molecule has 0 unspecified atom stereocenters. The van der Waals surface area contributed by atoms with Crippen LogP contribution in [0.25, 0.3) is 0 Å². The number of carbonyl (C=O) groups is 2. The molecule has 7 nitrogen and oxygen atoms in total. The lowest BCUT2D eigenvalue weighted by Crippen LogP contribution is -2.49. The van der Waals surface area contributed by atoms with Crippen molar-refractivity contribution in [1.82, 2.24) is 10.7 Å². The zero-order valence-corrected chi connectivity index (χ0v) is 24.7. The Hall–Kier alpha value is -2.07. The van der Waals surface area contributed by atoms with E-state index < -0.39 is 24.0 Å². The van der Waals surface area contributed by atoms with Gasteiger partial charge in [0.2, 0.25) is 0 Å². The molecule has 2 aromatic rings. The van der Waals surface area contributed by atoms with Crippen LogP contribution in [0.2, 0.25) is 10.0 Å². The molecule has 2 N–H and O–H groups in total. The lowest BCUT2D eigenvalue weighted by molar-refractivity contribution is -0.132. The Bertz CT molecular complexity index is 1110. The number of halogens is 4. The van der Waals surface area contributed by atoms with E-state index in [1.54, 1.807) is 37.3 Å². The van der Waals surface area contributed by atoms with Crippen molar-refractivity contribution in [3.8, 4) is 11.5 Å². The third-order valence-corrected chi connectivity index (χ3v) is 6.37. The second kappa shape index (κ2) is 14.6. The zero-order chi connectivity index (χ0) is 26.8. The standard InChI is InChI=1S/C25H27Br2Cl2N3O4/c1-5-8-35-23-18(26)10-16(11-19(23)27)13-30-32-25(34)21(9-14(2)3)31-24(33)15(4)36-22-7-6-17(28)12-20(22)29/h5-7,10-15,21H,1,8-9H2,2-4H3,(H,31,33)(H,32,34)/b30-13-/t15-,21-/m1/s1. The molecule has 2 rings (SSSR count). The molecule has 2 aromatic carbocycles. The molecular weight excluding hydrogens is 637 g/mol. The van der Waals surface area contributed by atoms with Crippen molar-refractivity contribution < 1.29 is 19.1 Å². The topological polar surface area (TPSA) is 89.0 Å². The number of benzene rings is 2. The Kier molecular flexibility index (Phi) is 12.2. The highest BCUT2D eigenvalue weighted by Crippen LogP contribution is 2.34. The summed E-state index contributed by atoms with van der Waals surface area (Å²) in [5.74, 6) is 0.174. The molecule has 11 heteroatoms. The van der Waals surface area contributed by atoms with Crippen LogP contribution in [0.4, 0.5) is 0 Å². The van der Waals surface area contributed by atoms with Crippen LogP contribution >= 0.6 is 55.1 Å². The maximum Gasteiger partial charge on any atom is 0.262 e. The first-order chi connectivity index (χ1) is 17.0. The quantitative estimate of drug-likeness (QED) is 0.154. The third-order valence-electron chi connectivity index (χ3n) is 4.66. The van der Waals surface area contributed by atoms with Crippen LogP contribution in [0.1, 0.15) is 32.8 Å². The van der Waals surface area contributed by atoms with E-state index in [1.807, 2.05) is 13.8 Å². The smallest absolute Gasteiger partial charge is 0.262 e. The van der Waals surface area contributed by atoms with Gasteiger partial charge in [0.15, 0.2) is 6.10 Å². The highest BCUT2D eigenvalue weighted by Gasteiger charge is 2.25. The molecule has 2 atom stereocenters. The summed E-state index contributed by atoms with van der Waals surface area (Å²) in [6.45, 7) is 9.47. The predicted molar refractivity (Wildman–Crippen MR) is 151 cm³/mol. The number of nitrogens with one attached hydrogen (secondary N) is 2. The predicted octanol–water partition coefficient (Wildman–Crippen LogP) is 6.53. The van der Waals surface area contributed by atoms with Crippen molar-refractivity contribution in [3.63, 3.8) is 0 Å². The molecule has 0 aromatic heterocycles. The van der Waals surface area contributed by atoms with Crippen molar-refractivity contribution in [1.29, 1.82) is 0 Å². The molecule has 0 heterocycles. The average Bonchev–Trinajstić information content (AvgIpc) is 2.79. The molecule has 0 aliphatic heterocycles. The molecule has 2 amide bonds. The molecule has 0 aliphatic carbocycles. The highest BCUT2D eigenvalue weighted by molar-refractivity contribution is 9.11. The van der Waals surface area contributed by atoms with Crippen LogP contribution in [-0.2, 0) is 9.59 Å². The second-order valence-electron chi connectivity index (χ2n) is 8.17.